The van der Waals surface area contributed by atoms with Crippen LogP contribution in [0.25, 0.3) is 20.7 Å². The van der Waals surface area contributed by atoms with E-state index in [9.17, 15) is 4.79 Å². The summed E-state index contributed by atoms with van der Waals surface area (Å²) in [5.74, 6) is -0.898. The van der Waals surface area contributed by atoms with Crippen molar-refractivity contribution in [1.29, 1.82) is 0 Å². The first kappa shape index (κ1) is 10.4. The summed E-state index contributed by atoms with van der Waals surface area (Å²) in [4.78, 5) is 17.4. The maximum Gasteiger partial charge on any atom is 0.345 e. The summed E-state index contributed by atoms with van der Waals surface area (Å²) in [6.07, 6.45) is 1.72. The lowest BCUT2D eigenvalue weighted by atomic mass is 10.1. The lowest BCUT2D eigenvalue weighted by Crippen LogP contribution is -1.89. The smallest absolute Gasteiger partial charge is 0.345 e. The summed E-state index contributed by atoms with van der Waals surface area (Å²) in [5.41, 5.74) is 1.05. The van der Waals surface area contributed by atoms with E-state index in [2.05, 4.69) is 4.98 Å². The van der Waals surface area contributed by atoms with Crippen molar-refractivity contribution < 1.29 is 9.90 Å². The average molecular weight is 261 g/mol. The minimum Gasteiger partial charge on any atom is -0.477 e. The highest BCUT2D eigenvalue weighted by molar-refractivity contribution is 7.20. The van der Waals surface area contributed by atoms with Crippen LogP contribution < -0.4 is 0 Å². The molecule has 0 atom stereocenters. The fraction of sp³-hybridized carbons (Fsp3) is 0. The fourth-order valence-corrected chi connectivity index (χ4v) is 3.32. The summed E-state index contributed by atoms with van der Waals surface area (Å²) in [7, 11) is 0. The minimum absolute atomic E-state index is 0.330. The second-order valence-electron chi connectivity index (χ2n) is 3.47. The molecule has 0 fully saturated rings. The predicted octanol–water partition coefficient (Wildman–Crippen LogP) is 3.72. The van der Waals surface area contributed by atoms with Gasteiger partial charge in [-0.15, -0.1) is 22.7 Å². The van der Waals surface area contributed by atoms with Crippen LogP contribution in [0.1, 0.15) is 9.67 Å². The van der Waals surface area contributed by atoms with E-state index >= 15 is 0 Å². The van der Waals surface area contributed by atoms with Crippen LogP contribution in [0.2, 0.25) is 0 Å². The monoisotopic (exact) mass is 261 g/mol. The molecule has 0 aromatic carbocycles. The molecule has 3 heterocycles. The second-order valence-corrected chi connectivity index (χ2v) is 5.45. The van der Waals surface area contributed by atoms with Crippen molar-refractivity contribution >= 4 is 38.9 Å². The molecule has 3 rings (SSSR count). The lowest BCUT2D eigenvalue weighted by molar-refractivity contribution is 0.0702. The fourth-order valence-electron chi connectivity index (χ4n) is 1.69. The first-order valence-corrected chi connectivity index (χ1v) is 6.61. The Morgan fingerprint density at radius 2 is 2.24 bits per heavy atom. The van der Waals surface area contributed by atoms with Gasteiger partial charge in [0.25, 0.3) is 0 Å². The number of pyridine rings is 1. The molecule has 5 heteroatoms. The minimum atomic E-state index is -0.898. The van der Waals surface area contributed by atoms with E-state index in [4.69, 9.17) is 5.11 Å². The molecule has 0 saturated carbocycles. The molecule has 0 aliphatic heterocycles. The molecule has 17 heavy (non-hydrogen) atoms. The van der Waals surface area contributed by atoms with Gasteiger partial charge >= 0.3 is 5.97 Å². The third-order valence-electron chi connectivity index (χ3n) is 2.43. The Bertz CT molecular complexity index is 686. The van der Waals surface area contributed by atoms with Crippen molar-refractivity contribution in [3.8, 4) is 10.4 Å². The van der Waals surface area contributed by atoms with Gasteiger partial charge in [0.05, 0.1) is 0 Å². The van der Waals surface area contributed by atoms with Gasteiger partial charge in [-0.05, 0) is 23.6 Å². The summed E-state index contributed by atoms with van der Waals surface area (Å²) in [5, 5.41) is 11.9. The quantitative estimate of drug-likeness (QED) is 0.764. The highest BCUT2D eigenvalue weighted by atomic mass is 32.1. The third kappa shape index (κ3) is 1.73. The van der Waals surface area contributed by atoms with Gasteiger partial charge in [0.1, 0.15) is 9.71 Å². The van der Waals surface area contributed by atoms with Crippen molar-refractivity contribution in [3.63, 3.8) is 0 Å². The molecule has 3 aromatic heterocycles. The zero-order chi connectivity index (χ0) is 11.8. The molecule has 0 aliphatic rings. The van der Waals surface area contributed by atoms with Gasteiger partial charge in [0.2, 0.25) is 0 Å². The van der Waals surface area contributed by atoms with E-state index in [1.807, 2.05) is 23.6 Å². The largest absolute Gasteiger partial charge is 0.477 e. The molecule has 0 amide bonds. The number of fused-ring (bicyclic) bond motifs is 1. The normalized spacial score (nSPS) is 10.8. The SMILES string of the molecule is O=C(O)c1cc2c(-c3cccs3)ccnc2s1. The van der Waals surface area contributed by atoms with Crippen molar-refractivity contribution in [2.75, 3.05) is 0 Å². The maximum absolute atomic E-state index is 11.0. The zero-order valence-electron chi connectivity index (χ0n) is 8.58. The van der Waals surface area contributed by atoms with E-state index in [-0.39, 0.29) is 0 Å². The van der Waals surface area contributed by atoms with E-state index in [0.717, 1.165) is 20.7 Å². The van der Waals surface area contributed by atoms with E-state index < -0.39 is 5.97 Å². The number of nitrogens with zero attached hydrogens (tertiary/aromatic N) is 1. The number of thiophene rings is 2. The average Bonchev–Trinajstić information content (AvgIpc) is 2.97. The topological polar surface area (TPSA) is 50.2 Å². The number of hydrogen-bond donors (Lipinski definition) is 1. The van der Waals surface area contributed by atoms with Crippen LogP contribution in [0.15, 0.2) is 35.8 Å². The number of aromatic carboxylic acids is 1. The molecule has 0 unspecified atom stereocenters. The summed E-state index contributed by atoms with van der Waals surface area (Å²) in [6, 6.07) is 7.63. The van der Waals surface area contributed by atoms with E-state index in [1.54, 1.807) is 23.6 Å². The van der Waals surface area contributed by atoms with Crippen LogP contribution in [-0.4, -0.2) is 16.1 Å². The number of rotatable bonds is 2. The van der Waals surface area contributed by atoms with Gasteiger partial charge in [-0.25, -0.2) is 9.78 Å². The number of aromatic nitrogens is 1. The van der Waals surface area contributed by atoms with E-state index in [0.29, 0.717) is 4.88 Å². The number of carboxylic acids is 1. The molecular formula is C12H7NO2S2. The van der Waals surface area contributed by atoms with Crippen LogP contribution >= 0.6 is 22.7 Å². The lowest BCUT2D eigenvalue weighted by Gasteiger charge is -1.98. The highest BCUT2D eigenvalue weighted by Gasteiger charge is 2.13. The molecule has 3 aromatic rings. The molecule has 3 nitrogen and oxygen atoms in total. The third-order valence-corrected chi connectivity index (χ3v) is 4.37. The Kier molecular flexibility index (Phi) is 2.42. The Morgan fingerprint density at radius 3 is 2.94 bits per heavy atom. The van der Waals surface area contributed by atoms with Crippen LogP contribution in [0.5, 0.6) is 0 Å². The van der Waals surface area contributed by atoms with Gasteiger partial charge in [-0.2, -0.15) is 0 Å². The van der Waals surface area contributed by atoms with Gasteiger partial charge in [-0.1, -0.05) is 6.07 Å². The van der Waals surface area contributed by atoms with Crippen molar-refractivity contribution in [2.45, 2.75) is 0 Å². The van der Waals surface area contributed by atoms with Crippen molar-refractivity contribution in [3.05, 3.63) is 40.7 Å². The van der Waals surface area contributed by atoms with Crippen molar-refractivity contribution in [2.24, 2.45) is 0 Å². The molecular weight excluding hydrogens is 254 g/mol. The second kappa shape index (κ2) is 3.94. The number of hydrogen-bond acceptors (Lipinski definition) is 4. The first-order valence-electron chi connectivity index (χ1n) is 4.91. The van der Waals surface area contributed by atoms with Crippen LogP contribution in [0.3, 0.4) is 0 Å². The standard InChI is InChI=1S/C12H7NO2S2/c14-12(15)10-6-8-7(9-2-1-5-16-9)3-4-13-11(8)17-10/h1-6H,(H,14,15). The molecule has 0 aliphatic carbocycles. The van der Waals surface area contributed by atoms with Crippen LogP contribution in [-0.2, 0) is 0 Å². The van der Waals surface area contributed by atoms with Gasteiger partial charge in [0, 0.05) is 22.0 Å². The van der Waals surface area contributed by atoms with E-state index in [1.165, 1.54) is 11.3 Å². The molecule has 0 saturated heterocycles. The Hall–Kier alpha value is -1.72. The van der Waals surface area contributed by atoms with Crippen LogP contribution in [0, 0.1) is 0 Å². The molecule has 0 radical (unpaired) electrons. The number of carbonyl (C=O) groups is 1. The molecule has 0 spiro atoms. The number of carboxylic acid groups (broad SMARTS) is 1. The van der Waals surface area contributed by atoms with Crippen molar-refractivity contribution in [1.82, 2.24) is 4.98 Å². The van der Waals surface area contributed by atoms with Crippen LogP contribution in [0.4, 0.5) is 0 Å². The Labute approximate surface area is 105 Å². The van der Waals surface area contributed by atoms with Gasteiger partial charge in [-0.3, -0.25) is 0 Å². The summed E-state index contributed by atoms with van der Waals surface area (Å²) in [6.45, 7) is 0. The molecule has 0 bridgehead atoms. The molecule has 84 valence electrons. The maximum atomic E-state index is 11.0. The molecule has 1 N–H and O–H groups in total. The highest BCUT2D eigenvalue weighted by Crippen LogP contribution is 2.34. The van der Waals surface area contributed by atoms with Gasteiger partial charge in [0.15, 0.2) is 0 Å². The summed E-state index contributed by atoms with van der Waals surface area (Å²) >= 11 is 2.85. The predicted molar refractivity (Wildman–Crippen MR) is 69.9 cm³/mol. The Balaban J connectivity index is 2.29. The Morgan fingerprint density at radius 1 is 1.35 bits per heavy atom. The zero-order valence-corrected chi connectivity index (χ0v) is 10.2. The first-order chi connectivity index (χ1) is 8.25. The summed E-state index contributed by atoms with van der Waals surface area (Å²) < 4.78 is 0. The van der Waals surface area contributed by atoms with Gasteiger partial charge < -0.3 is 5.11 Å².